The molecule has 2 aromatic heterocycles. The summed E-state index contributed by atoms with van der Waals surface area (Å²) in [6.07, 6.45) is 18.4. The lowest BCUT2D eigenvalue weighted by molar-refractivity contribution is 0.744. The van der Waals surface area contributed by atoms with Crippen molar-refractivity contribution in [2.75, 3.05) is 9.80 Å². The molecule has 4 nitrogen and oxygen atoms in total. The predicted octanol–water partition coefficient (Wildman–Crippen LogP) is 13.3. The quantitative estimate of drug-likeness (QED) is 0.179. The number of allylic oxidation sites excluding steroid dienone is 4. The van der Waals surface area contributed by atoms with Crippen LogP contribution < -0.4 is 9.80 Å². The van der Waals surface area contributed by atoms with Gasteiger partial charge in [-0.25, -0.2) is 0 Å². The summed E-state index contributed by atoms with van der Waals surface area (Å²) in [5, 5.41) is 5.08. The Bertz CT molecular complexity index is 3230. The summed E-state index contributed by atoms with van der Waals surface area (Å²) in [7, 11) is 0. The third-order valence-corrected chi connectivity index (χ3v) is 13.1. The fourth-order valence-electron chi connectivity index (χ4n) is 10.8. The van der Waals surface area contributed by atoms with Gasteiger partial charge >= 0.3 is 0 Å². The molecule has 4 heteroatoms. The first-order valence-electron chi connectivity index (χ1n) is 20.4. The van der Waals surface area contributed by atoms with Crippen molar-refractivity contribution < 1.29 is 0 Å². The molecule has 0 N–H and O–H groups in total. The molecule has 4 heterocycles. The van der Waals surface area contributed by atoms with E-state index in [4.69, 9.17) is 0 Å². The number of para-hydroxylation sites is 5. The number of fused-ring (bicyclic) bond motifs is 13. The highest BCUT2D eigenvalue weighted by atomic mass is 15.2. The van der Waals surface area contributed by atoms with Crippen molar-refractivity contribution in [2.24, 2.45) is 0 Å². The van der Waals surface area contributed by atoms with Gasteiger partial charge in [-0.05, 0) is 71.8 Å². The van der Waals surface area contributed by atoms with Gasteiger partial charge in [-0.2, -0.15) is 0 Å². The minimum atomic E-state index is 0.175. The van der Waals surface area contributed by atoms with Gasteiger partial charge < -0.3 is 18.9 Å². The van der Waals surface area contributed by atoms with E-state index in [1.165, 1.54) is 77.5 Å². The molecule has 13 rings (SSSR count). The van der Waals surface area contributed by atoms with Crippen LogP contribution in [0.2, 0.25) is 0 Å². The zero-order valence-electron chi connectivity index (χ0n) is 31.7. The summed E-state index contributed by atoms with van der Waals surface area (Å²) in [5.41, 5.74) is 14.8. The number of hydrogen-bond donors (Lipinski definition) is 0. The van der Waals surface area contributed by atoms with Gasteiger partial charge in [-0.15, -0.1) is 0 Å². The van der Waals surface area contributed by atoms with Gasteiger partial charge in [0.25, 0.3) is 0 Å². The maximum absolute atomic E-state index is 2.59. The molecule has 0 saturated heterocycles. The Kier molecular flexibility index (Phi) is 6.65. The van der Waals surface area contributed by atoms with Crippen LogP contribution in [-0.2, 0) is 0 Å². The van der Waals surface area contributed by atoms with Gasteiger partial charge in [-0.1, -0.05) is 146 Å². The van der Waals surface area contributed by atoms with Crippen molar-refractivity contribution in [3.05, 3.63) is 217 Å². The number of benzene rings is 7. The van der Waals surface area contributed by atoms with E-state index in [-0.39, 0.29) is 23.9 Å². The Morgan fingerprint density at radius 3 is 1.57 bits per heavy atom. The first-order valence-corrected chi connectivity index (χ1v) is 20.4. The van der Waals surface area contributed by atoms with Gasteiger partial charge in [0.2, 0.25) is 0 Å². The zero-order chi connectivity index (χ0) is 37.9. The predicted molar refractivity (Wildman–Crippen MR) is 242 cm³/mol. The number of anilines is 4. The normalized spacial score (nSPS) is 20.1. The summed E-state index contributed by atoms with van der Waals surface area (Å²) >= 11 is 0. The molecule has 4 atom stereocenters. The van der Waals surface area contributed by atoms with Crippen molar-refractivity contribution in [3.8, 4) is 11.4 Å². The summed E-state index contributed by atoms with van der Waals surface area (Å²) in [6, 6.07) is 59.1. The Labute approximate surface area is 336 Å². The number of aromatic nitrogens is 2. The minimum Gasteiger partial charge on any atom is -0.333 e. The molecule has 0 spiro atoms. The van der Waals surface area contributed by atoms with Crippen LogP contribution in [0, 0.1) is 0 Å². The first-order chi connectivity index (χ1) is 28.8. The molecule has 2 aliphatic carbocycles. The van der Waals surface area contributed by atoms with Gasteiger partial charge in [0, 0.05) is 50.4 Å². The van der Waals surface area contributed by atoms with Crippen molar-refractivity contribution in [3.63, 3.8) is 0 Å². The molecule has 4 unspecified atom stereocenters. The summed E-state index contributed by atoms with van der Waals surface area (Å²) in [4.78, 5) is 5.16. The van der Waals surface area contributed by atoms with E-state index in [9.17, 15) is 0 Å². The highest BCUT2D eigenvalue weighted by Gasteiger charge is 2.40. The highest BCUT2D eigenvalue weighted by Crippen LogP contribution is 2.54. The Balaban J connectivity index is 1.13. The SMILES string of the molecule is C1=CC2c3ccccc3N(c3cc(-n4c5ccccc5c5ccccc54)cc(-n4c5ccccc5c5c6c(ccc54)C4C=CC=CC4N6c4ccccc4)c3)C2C=C1. The fraction of sp³-hybridized carbons (Fsp3) is 0.0741. The van der Waals surface area contributed by atoms with E-state index >= 15 is 0 Å². The molecular formula is C54H38N4. The fourth-order valence-corrected chi connectivity index (χ4v) is 10.8. The molecule has 58 heavy (non-hydrogen) atoms. The summed E-state index contributed by atoms with van der Waals surface area (Å²) < 4.78 is 5.00. The number of hydrogen-bond acceptors (Lipinski definition) is 2. The minimum absolute atomic E-state index is 0.175. The van der Waals surface area contributed by atoms with Crippen molar-refractivity contribution in [2.45, 2.75) is 23.9 Å². The Morgan fingerprint density at radius 2 is 0.862 bits per heavy atom. The second-order valence-corrected chi connectivity index (χ2v) is 16.0. The van der Waals surface area contributed by atoms with Gasteiger partial charge in [0.1, 0.15) is 0 Å². The van der Waals surface area contributed by atoms with Crippen LogP contribution in [-0.4, -0.2) is 21.2 Å². The zero-order valence-corrected chi connectivity index (χ0v) is 31.7. The average Bonchev–Trinajstić information content (AvgIpc) is 4.01. The van der Waals surface area contributed by atoms with Crippen LogP contribution in [0.4, 0.5) is 22.7 Å². The van der Waals surface area contributed by atoms with E-state index in [0.29, 0.717) is 0 Å². The van der Waals surface area contributed by atoms with Crippen LogP contribution in [0.15, 0.2) is 206 Å². The van der Waals surface area contributed by atoms with Crippen LogP contribution in [0.1, 0.15) is 23.0 Å². The highest BCUT2D eigenvalue weighted by molar-refractivity contribution is 6.17. The molecule has 0 fully saturated rings. The topological polar surface area (TPSA) is 16.3 Å². The molecule has 274 valence electrons. The van der Waals surface area contributed by atoms with Crippen LogP contribution in [0.5, 0.6) is 0 Å². The van der Waals surface area contributed by atoms with E-state index in [1.807, 2.05) is 0 Å². The molecule has 4 aliphatic rings. The smallest absolute Gasteiger partial charge is 0.0629 e. The van der Waals surface area contributed by atoms with E-state index in [1.54, 1.807) is 0 Å². The molecular weight excluding hydrogens is 705 g/mol. The third kappa shape index (κ3) is 4.34. The lowest BCUT2D eigenvalue weighted by atomic mass is 9.91. The molecule has 2 aliphatic heterocycles. The van der Waals surface area contributed by atoms with E-state index in [0.717, 1.165) is 11.4 Å². The van der Waals surface area contributed by atoms with Crippen molar-refractivity contribution >= 4 is 66.4 Å². The maximum Gasteiger partial charge on any atom is 0.0629 e. The molecule has 7 aromatic carbocycles. The molecule has 0 amide bonds. The largest absolute Gasteiger partial charge is 0.333 e. The van der Waals surface area contributed by atoms with Crippen LogP contribution in [0.25, 0.3) is 55.0 Å². The van der Waals surface area contributed by atoms with Crippen molar-refractivity contribution in [1.82, 2.24) is 9.13 Å². The van der Waals surface area contributed by atoms with Crippen molar-refractivity contribution in [1.29, 1.82) is 0 Å². The maximum atomic E-state index is 2.59. The van der Waals surface area contributed by atoms with Crippen LogP contribution in [0.3, 0.4) is 0 Å². The number of nitrogens with zero attached hydrogens (tertiary/aromatic N) is 4. The molecule has 9 aromatic rings. The second-order valence-electron chi connectivity index (χ2n) is 16.0. The Hall–Kier alpha value is -7.30. The summed E-state index contributed by atoms with van der Waals surface area (Å²) in [5.74, 6) is 0.561. The van der Waals surface area contributed by atoms with Gasteiger partial charge in [-0.3, -0.25) is 0 Å². The average molecular weight is 743 g/mol. The molecule has 0 radical (unpaired) electrons. The molecule has 0 saturated carbocycles. The molecule has 0 bridgehead atoms. The second kappa shape index (κ2) is 12.1. The first kappa shape index (κ1) is 31.9. The van der Waals surface area contributed by atoms with Crippen LogP contribution >= 0.6 is 0 Å². The lowest BCUT2D eigenvalue weighted by Gasteiger charge is -2.30. The Morgan fingerprint density at radius 1 is 0.345 bits per heavy atom. The third-order valence-electron chi connectivity index (χ3n) is 13.1. The van der Waals surface area contributed by atoms with E-state index in [2.05, 4.69) is 225 Å². The van der Waals surface area contributed by atoms with Gasteiger partial charge in [0.15, 0.2) is 0 Å². The standard InChI is InChI=1S/C54H38N4/c1-2-16-35(17-3-1)58-50-28-14-8-22-43(50)44-30-31-52-53(54(44)58)45-23-9-15-29-51(45)57(52)38-33-36(55-46-24-10-4-18-39(46)40-19-5-11-25-47(40)55)32-37(34-38)56-48-26-12-6-20-41(48)42-21-7-13-27-49(42)56/h1-34,39,43,46,50H. The lowest BCUT2D eigenvalue weighted by Crippen LogP contribution is -2.28. The summed E-state index contributed by atoms with van der Waals surface area (Å²) in [6.45, 7) is 0. The van der Waals surface area contributed by atoms with E-state index < -0.39 is 0 Å². The van der Waals surface area contributed by atoms with Gasteiger partial charge in [0.05, 0.1) is 51.2 Å². The monoisotopic (exact) mass is 742 g/mol. The number of rotatable bonds is 4.